The number of amides is 1. The predicted octanol–water partition coefficient (Wildman–Crippen LogP) is 6.31. The molecule has 0 aliphatic carbocycles. The fraction of sp³-hybridized carbons (Fsp3) is 0.192. The summed E-state index contributed by atoms with van der Waals surface area (Å²) in [5.41, 5.74) is 4.84. The summed E-state index contributed by atoms with van der Waals surface area (Å²) in [6.07, 6.45) is 0.783. The Bertz CT molecular complexity index is 1220. The summed E-state index contributed by atoms with van der Waals surface area (Å²) in [4.78, 5) is 17.2. The van der Waals surface area contributed by atoms with Gasteiger partial charge in [0.15, 0.2) is 5.11 Å². The van der Waals surface area contributed by atoms with E-state index in [0.29, 0.717) is 5.56 Å². The largest absolute Gasteiger partial charge is 0.332 e. The van der Waals surface area contributed by atoms with Crippen LogP contribution in [0.1, 0.15) is 47.3 Å². The lowest BCUT2D eigenvalue weighted by Gasteiger charge is -2.19. The van der Waals surface area contributed by atoms with Crippen molar-refractivity contribution in [3.63, 3.8) is 0 Å². The lowest BCUT2D eigenvalue weighted by atomic mass is 9.87. The third-order valence-electron chi connectivity index (χ3n) is 5.15. The molecule has 0 spiro atoms. The minimum Gasteiger partial charge on any atom is -0.332 e. The molecule has 3 aromatic carbocycles. The molecule has 32 heavy (non-hydrogen) atoms. The van der Waals surface area contributed by atoms with Gasteiger partial charge in [-0.2, -0.15) is 0 Å². The molecule has 0 radical (unpaired) electrons. The number of thiazole rings is 1. The Hall–Kier alpha value is -3.09. The van der Waals surface area contributed by atoms with E-state index in [1.165, 1.54) is 15.8 Å². The molecule has 1 amide bonds. The molecular formula is C26H25N3OS2. The highest BCUT2D eigenvalue weighted by atomic mass is 32.1. The molecule has 1 aromatic heterocycles. The smallest absolute Gasteiger partial charge is 0.257 e. The number of carbonyl (C=O) groups excluding carboxylic acids is 1. The second-order valence-electron chi connectivity index (χ2n) is 8.68. The van der Waals surface area contributed by atoms with E-state index in [4.69, 9.17) is 17.2 Å². The molecule has 0 atom stereocenters. The topological polar surface area (TPSA) is 54.0 Å². The molecule has 0 unspecified atom stereocenters. The first kappa shape index (κ1) is 22.1. The molecule has 1 heterocycles. The number of nitrogens with zero attached hydrogens (tertiary/aromatic N) is 1. The van der Waals surface area contributed by atoms with Crippen molar-refractivity contribution < 1.29 is 4.79 Å². The average molecular weight is 460 g/mol. The van der Waals surface area contributed by atoms with Crippen molar-refractivity contribution in [1.82, 2.24) is 10.3 Å². The van der Waals surface area contributed by atoms with Gasteiger partial charge in [0.1, 0.15) is 0 Å². The predicted molar refractivity (Wildman–Crippen MR) is 138 cm³/mol. The third-order valence-corrected chi connectivity index (χ3v) is 6.39. The number of anilines is 1. The van der Waals surface area contributed by atoms with Gasteiger partial charge in [-0.1, -0.05) is 57.2 Å². The second-order valence-corrected chi connectivity index (χ2v) is 10.2. The van der Waals surface area contributed by atoms with Gasteiger partial charge >= 0.3 is 0 Å². The van der Waals surface area contributed by atoms with Gasteiger partial charge in [0.2, 0.25) is 0 Å². The van der Waals surface area contributed by atoms with Crippen LogP contribution in [-0.2, 0) is 11.8 Å². The molecule has 2 N–H and O–H groups in total. The fourth-order valence-corrected chi connectivity index (χ4v) is 4.55. The molecule has 6 heteroatoms. The van der Waals surface area contributed by atoms with Crippen molar-refractivity contribution in [3.8, 4) is 0 Å². The normalized spacial score (nSPS) is 11.3. The first-order chi connectivity index (χ1) is 15.3. The van der Waals surface area contributed by atoms with E-state index in [0.717, 1.165) is 22.6 Å². The first-order valence-electron chi connectivity index (χ1n) is 10.4. The molecule has 162 valence electrons. The van der Waals surface area contributed by atoms with Crippen LogP contribution < -0.4 is 10.6 Å². The number of aromatic nitrogens is 1. The van der Waals surface area contributed by atoms with Crippen LogP contribution in [0.15, 0.2) is 72.8 Å². The van der Waals surface area contributed by atoms with Crippen LogP contribution in [0.4, 0.5) is 5.69 Å². The number of hydrogen-bond acceptors (Lipinski definition) is 4. The van der Waals surface area contributed by atoms with Gasteiger partial charge in [-0.3, -0.25) is 10.1 Å². The number of fused-ring (bicyclic) bond motifs is 1. The third kappa shape index (κ3) is 5.39. The van der Waals surface area contributed by atoms with Gasteiger partial charge in [-0.25, -0.2) is 4.98 Å². The van der Waals surface area contributed by atoms with Gasteiger partial charge in [0.05, 0.1) is 15.2 Å². The summed E-state index contributed by atoms with van der Waals surface area (Å²) in [7, 11) is 0. The van der Waals surface area contributed by atoms with E-state index in [9.17, 15) is 4.79 Å². The highest BCUT2D eigenvalue weighted by Crippen LogP contribution is 2.24. The number of benzene rings is 3. The lowest BCUT2D eigenvalue weighted by molar-refractivity contribution is 0.0977. The van der Waals surface area contributed by atoms with Crippen LogP contribution in [0.25, 0.3) is 10.2 Å². The maximum atomic E-state index is 12.5. The van der Waals surface area contributed by atoms with E-state index < -0.39 is 0 Å². The van der Waals surface area contributed by atoms with E-state index in [1.54, 1.807) is 11.3 Å². The Balaban J connectivity index is 1.33. The number of nitrogens with one attached hydrogen (secondary N) is 2. The van der Waals surface area contributed by atoms with Gasteiger partial charge < -0.3 is 5.32 Å². The summed E-state index contributed by atoms with van der Waals surface area (Å²) in [6.45, 7) is 6.43. The van der Waals surface area contributed by atoms with Crippen LogP contribution in [0.5, 0.6) is 0 Å². The number of para-hydroxylation sites is 1. The minimum atomic E-state index is -0.226. The first-order valence-corrected chi connectivity index (χ1v) is 11.7. The summed E-state index contributed by atoms with van der Waals surface area (Å²) in [5, 5.41) is 7.18. The quantitative estimate of drug-likeness (QED) is 0.351. The molecule has 0 fully saturated rings. The van der Waals surface area contributed by atoms with Crippen molar-refractivity contribution in [2.24, 2.45) is 0 Å². The van der Waals surface area contributed by atoms with Crippen molar-refractivity contribution in [2.45, 2.75) is 32.6 Å². The molecule has 4 rings (SSSR count). The molecule has 0 bridgehead atoms. The zero-order valence-electron chi connectivity index (χ0n) is 18.3. The summed E-state index contributed by atoms with van der Waals surface area (Å²) < 4.78 is 1.20. The Labute approximate surface area is 197 Å². The monoisotopic (exact) mass is 459 g/mol. The second kappa shape index (κ2) is 9.18. The zero-order valence-corrected chi connectivity index (χ0v) is 19.9. The number of carbonyl (C=O) groups is 1. The Morgan fingerprint density at radius 1 is 0.969 bits per heavy atom. The number of rotatable bonds is 4. The molecule has 0 aliphatic rings. The number of thiocarbonyl (C=S) groups is 1. The summed E-state index contributed by atoms with van der Waals surface area (Å²) >= 11 is 7.04. The van der Waals surface area contributed by atoms with Gasteiger partial charge in [0.25, 0.3) is 5.91 Å². The van der Waals surface area contributed by atoms with Crippen LogP contribution in [0.2, 0.25) is 0 Å². The Morgan fingerprint density at radius 2 is 1.66 bits per heavy atom. The van der Waals surface area contributed by atoms with Crippen molar-refractivity contribution in [3.05, 3.63) is 94.5 Å². The molecule has 0 saturated carbocycles. The van der Waals surface area contributed by atoms with E-state index in [1.807, 2.05) is 66.7 Å². The summed E-state index contributed by atoms with van der Waals surface area (Å²) in [5.74, 6) is -0.226. The minimum absolute atomic E-state index is 0.0467. The van der Waals surface area contributed by atoms with Gasteiger partial charge in [-0.05, 0) is 65.2 Å². The molecule has 0 saturated heterocycles. The van der Waals surface area contributed by atoms with Crippen LogP contribution >= 0.6 is 23.6 Å². The van der Waals surface area contributed by atoms with Crippen LogP contribution in [-0.4, -0.2) is 16.0 Å². The average Bonchev–Trinajstić information content (AvgIpc) is 3.17. The van der Waals surface area contributed by atoms with Crippen molar-refractivity contribution in [2.75, 3.05) is 5.32 Å². The highest BCUT2D eigenvalue weighted by Gasteiger charge is 2.15. The molecule has 4 aromatic rings. The molecule has 4 nitrogen and oxygen atoms in total. The Morgan fingerprint density at radius 3 is 2.31 bits per heavy atom. The van der Waals surface area contributed by atoms with Crippen LogP contribution in [0.3, 0.4) is 0 Å². The van der Waals surface area contributed by atoms with Gasteiger partial charge in [0, 0.05) is 17.7 Å². The van der Waals surface area contributed by atoms with E-state index in [2.05, 4.69) is 37.5 Å². The van der Waals surface area contributed by atoms with Crippen molar-refractivity contribution >= 4 is 50.5 Å². The van der Waals surface area contributed by atoms with Crippen molar-refractivity contribution in [1.29, 1.82) is 0 Å². The maximum absolute atomic E-state index is 12.5. The Kier molecular flexibility index (Phi) is 6.35. The molecule has 0 aliphatic heterocycles. The molecular weight excluding hydrogens is 434 g/mol. The maximum Gasteiger partial charge on any atom is 0.257 e. The lowest BCUT2D eigenvalue weighted by Crippen LogP contribution is -2.34. The van der Waals surface area contributed by atoms with Gasteiger partial charge in [-0.15, -0.1) is 11.3 Å². The van der Waals surface area contributed by atoms with Crippen LogP contribution in [0, 0.1) is 0 Å². The highest BCUT2D eigenvalue weighted by molar-refractivity contribution is 7.80. The SMILES string of the molecule is CC(C)(C)c1ccc(C(=O)NC(=S)Nc2ccc(Cc3nc4ccccc4s3)cc2)cc1. The zero-order chi connectivity index (χ0) is 22.7. The number of hydrogen-bond donors (Lipinski definition) is 2. The van der Waals surface area contributed by atoms with E-state index in [-0.39, 0.29) is 16.4 Å². The fourth-order valence-electron chi connectivity index (χ4n) is 3.34. The van der Waals surface area contributed by atoms with E-state index >= 15 is 0 Å². The standard InChI is InChI=1S/C26H25N3OS2/c1-26(2,3)19-12-10-18(11-13-19)24(30)29-25(31)27-20-14-8-17(9-15-20)16-23-28-21-6-4-5-7-22(21)32-23/h4-15H,16H2,1-3H3,(H2,27,29,30,31). The summed E-state index contributed by atoms with van der Waals surface area (Å²) in [6, 6.07) is 23.8.